The molecular formula is C12H11N3O. The third-order valence-electron chi connectivity index (χ3n) is 2.42. The molecule has 0 aliphatic heterocycles. The number of hydrogen-bond acceptors (Lipinski definition) is 3. The largest absolute Gasteiger partial charge is 0.388 e. The van der Waals surface area contributed by atoms with Gasteiger partial charge in [-0.05, 0) is 11.6 Å². The molecule has 80 valence electrons. The number of aromatic nitrogens is 2. The van der Waals surface area contributed by atoms with Crippen LogP contribution in [0.2, 0.25) is 0 Å². The highest BCUT2D eigenvalue weighted by Gasteiger charge is 2.05. The summed E-state index contributed by atoms with van der Waals surface area (Å²) < 4.78 is 1.83. The van der Waals surface area contributed by atoms with Gasteiger partial charge in [-0.1, -0.05) is 18.2 Å². The number of nitrogens with zero attached hydrogens (tertiary/aromatic N) is 3. The van der Waals surface area contributed by atoms with Crippen molar-refractivity contribution in [2.75, 3.05) is 0 Å². The van der Waals surface area contributed by atoms with Crippen LogP contribution in [0, 0.1) is 11.3 Å². The van der Waals surface area contributed by atoms with Gasteiger partial charge in [-0.25, -0.2) is 4.98 Å². The second-order valence-electron chi connectivity index (χ2n) is 3.40. The molecular weight excluding hydrogens is 202 g/mol. The van der Waals surface area contributed by atoms with Crippen LogP contribution in [0.15, 0.2) is 36.7 Å². The normalized spacial score (nSPS) is 10.0. The third kappa shape index (κ3) is 1.95. The molecule has 0 radical (unpaired) electrons. The second kappa shape index (κ2) is 4.60. The van der Waals surface area contributed by atoms with Gasteiger partial charge in [0.15, 0.2) is 0 Å². The summed E-state index contributed by atoms with van der Waals surface area (Å²) in [5.74, 6) is 0.604. The molecule has 0 bridgehead atoms. The molecule has 0 amide bonds. The van der Waals surface area contributed by atoms with E-state index in [-0.39, 0.29) is 6.61 Å². The zero-order valence-corrected chi connectivity index (χ0v) is 8.67. The van der Waals surface area contributed by atoms with E-state index in [1.807, 2.05) is 22.8 Å². The van der Waals surface area contributed by atoms with Crippen molar-refractivity contribution in [3.63, 3.8) is 0 Å². The fraction of sp³-hybridized carbons (Fsp3) is 0.167. The summed E-state index contributed by atoms with van der Waals surface area (Å²) in [6.45, 7) is 0.460. The Kier molecular flexibility index (Phi) is 2.99. The van der Waals surface area contributed by atoms with Crippen LogP contribution >= 0.6 is 0 Å². The van der Waals surface area contributed by atoms with Gasteiger partial charge in [-0.3, -0.25) is 0 Å². The molecule has 0 fully saturated rings. The summed E-state index contributed by atoms with van der Waals surface area (Å²) in [6, 6.07) is 9.57. The van der Waals surface area contributed by atoms with Crippen molar-refractivity contribution < 1.29 is 5.11 Å². The Morgan fingerprint density at radius 1 is 1.38 bits per heavy atom. The summed E-state index contributed by atoms with van der Waals surface area (Å²) in [5, 5.41) is 18.0. The monoisotopic (exact) mass is 213 g/mol. The molecule has 1 heterocycles. The van der Waals surface area contributed by atoms with E-state index in [9.17, 15) is 0 Å². The Morgan fingerprint density at radius 2 is 2.19 bits per heavy atom. The molecule has 0 atom stereocenters. The van der Waals surface area contributed by atoms with Gasteiger partial charge in [0.2, 0.25) is 0 Å². The topological polar surface area (TPSA) is 61.8 Å². The predicted molar refractivity (Wildman–Crippen MR) is 58.4 cm³/mol. The Labute approximate surface area is 93.4 Å². The van der Waals surface area contributed by atoms with Crippen molar-refractivity contribution in [3.05, 3.63) is 53.6 Å². The summed E-state index contributed by atoms with van der Waals surface area (Å²) in [5.41, 5.74) is 1.58. The van der Waals surface area contributed by atoms with Crippen molar-refractivity contribution in [1.82, 2.24) is 9.55 Å². The van der Waals surface area contributed by atoms with E-state index in [2.05, 4.69) is 11.1 Å². The molecule has 4 nitrogen and oxygen atoms in total. The molecule has 0 saturated carbocycles. The van der Waals surface area contributed by atoms with Crippen molar-refractivity contribution in [2.24, 2.45) is 0 Å². The Bertz CT molecular complexity index is 525. The van der Waals surface area contributed by atoms with Crippen molar-refractivity contribution in [2.45, 2.75) is 13.2 Å². The molecule has 0 aliphatic carbocycles. The number of imidazole rings is 1. The molecule has 1 N–H and O–H groups in total. The maximum Gasteiger partial charge on any atom is 0.134 e. The Morgan fingerprint density at radius 3 is 2.94 bits per heavy atom. The van der Waals surface area contributed by atoms with Gasteiger partial charge in [0.25, 0.3) is 0 Å². The van der Waals surface area contributed by atoms with Gasteiger partial charge >= 0.3 is 0 Å². The van der Waals surface area contributed by atoms with E-state index >= 15 is 0 Å². The molecule has 4 heteroatoms. The number of aliphatic hydroxyl groups is 1. The predicted octanol–water partition coefficient (Wildman–Crippen LogP) is 1.30. The molecule has 2 aromatic rings. The number of benzene rings is 1. The zero-order chi connectivity index (χ0) is 11.4. The first-order valence-electron chi connectivity index (χ1n) is 4.94. The highest BCUT2D eigenvalue weighted by atomic mass is 16.3. The molecule has 0 aliphatic rings. The van der Waals surface area contributed by atoms with E-state index in [4.69, 9.17) is 10.4 Å². The summed E-state index contributed by atoms with van der Waals surface area (Å²) in [7, 11) is 0. The van der Waals surface area contributed by atoms with Crippen molar-refractivity contribution in [3.8, 4) is 6.07 Å². The second-order valence-corrected chi connectivity index (χ2v) is 3.40. The summed E-state index contributed by atoms with van der Waals surface area (Å²) >= 11 is 0. The summed E-state index contributed by atoms with van der Waals surface area (Å²) in [6.07, 6.45) is 3.43. The molecule has 2 rings (SSSR count). The lowest BCUT2D eigenvalue weighted by atomic mass is 10.1. The summed E-state index contributed by atoms with van der Waals surface area (Å²) in [4.78, 5) is 4.02. The minimum atomic E-state index is -0.0955. The van der Waals surface area contributed by atoms with E-state index in [0.717, 1.165) is 5.56 Å². The SMILES string of the molecule is N#Cc1ccccc1Cn1ccnc1CO. The number of aliphatic hydroxyl groups excluding tert-OH is 1. The van der Waals surface area contributed by atoms with E-state index < -0.39 is 0 Å². The first-order chi connectivity index (χ1) is 7.85. The van der Waals surface area contributed by atoms with Crippen LogP contribution in [0.25, 0.3) is 0 Å². The lowest BCUT2D eigenvalue weighted by molar-refractivity contribution is 0.266. The zero-order valence-electron chi connectivity index (χ0n) is 8.67. The van der Waals surface area contributed by atoms with Crippen molar-refractivity contribution in [1.29, 1.82) is 5.26 Å². The van der Waals surface area contributed by atoms with Crippen molar-refractivity contribution >= 4 is 0 Å². The lowest BCUT2D eigenvalue weighted by Gasteiger charge is -2.07. The van der Waals surface area contributed by atoms with Gasteiger partial charge in [0.05, 0.1) is 18.2 Å². The van der Waals surface area contributed by atoms with Crippen LogP contribution < -0.4 is 0 Å². The Balaban J connectivity index is 2.31. The first-order valence-corrected chi connectivity index (χ1v) is 4.94. The average Bonchev–Trinajstić information content (AvgIpc) is 2.77. The third-order valence-corrected chi connectivity index (χ3v) is 2.42. The number of nitriles is 1. The molecule has 1 aromatic heterocycles. The molecule has 16 heavy (non-hydrogen) atoms. The molecule has 0 spiro atoms. The van der Waals surface area contributed by atoms with Gasteiger partial charge in [-0.15, -0.1) is 0 Å². The smallest absolute Gasteiger partial charge is 0.134 e. The van der Waals surface area contributed by atoms with Gasteiger partial charge in [0.1, 0.15) is 12.4 Å². The first kappa shape index (κ1) is 10.4. The van der Waals surface area contributed by atoms with Crippen LogP contribution in [0.4, 0.5) is 0 Å². The van der Waals surface area contributed by atoms with E-state index in [1.165, 1.54) is 0 Å². The van der Waals surface area contributed by atoms with Crippen LogP contribution in [0.5, 0.6) is 0 Å². The van der Waals surface area contributed by atoms with Crippen LogP contribution in [-0.4, -0.2) is 14.7 Å². The highest BCUT2D eigenvalue weighted by Crippen LogP contribution is 2.10. The number of rotatable bonds is 3. The molecule has 1 aromatic carbocycles. The van der Waals surface area contributed by atoms with E-state index in [0.29, 0.717) is 17.9 Å². The maximum absolute atomic E-state index is 9.06. The fourth-order valence-electron chi connectivity index (χ4n) is 1.59. The van der Waals surface area contributed by atoms with Crippen LogP contribution in [0.1, 0.15) is 17.0 Å². The minimum absolute atomic E-state index is 0.0955. The van der Waals surface area contributed by atoms with E-state index in [1.54, 1.807) is 18.5 Å². The molecule has 0 saturated heterocycles. The highest BCUT2D eigenvalue weighted by molar-refractivity contribution is 5.37. The van der Waals surface area contributed by atoms with Crippen LogP contribution in [-0.2, 0) is 13.2 Å². The van der Waals surface area contributed by atoms with Gasteiger partial charge in [0, 0.05) is 12.4 Å². The Hall–Kier alpha value is -2.12. The average molecular weight is 213 g/mol. The van der Waals surface area contributed by atoms with Crippen LogP contribution in [0.3, 0.4) is 0 Å². The lowest BCUT2D eigenvalue weighted by Crippen LogP contribution is -2.05. The minimum Gasteiger partial charge on any atom is -0.388 e. The standard InChI is InChI=1S/C12H11N3O/c13-7-10-3-1-2-4-11(10)8-15-6-5-14-12(15)9-16/h1-6,16H,8-9H2. The quantitative estimate of drug-likeness (QED) is 0.835. The maximum atomic E-state index is 9.06. The fourth-order valence-corrected chi connectivity index (χ4v) is 1.59. The molecule has 0 unspecified atom stereocenters. The van der Waals surface area contributed by atoms with Gasteiger partial charge in [-0.2, -0.15) is 5.26 Å². The number of hydrogen-bond donors (Lipinski definition) is 1. The van der Waals surface area contributed by atoms with Gasteiger partial charge < -0.3 is 9.67 Å².